The molecule has 0 fully saturated rings. The van der Waals surface area contributed by atoms with Gasteiger partial charge in [0.15, 0.2) is 0 Å². The average molecular weight is 893 g/mol. The number of benzene rings is 7. The second-order valence-electron chi connectivity index (χ2n) is 16.1. The smallest absolute Gasteiger partial charge is 0.296 e. The summed E-state index contributed by atoms with van der Waals surface area (Å²) in [5.74, 6) is 0.149. The van der Waals surface area contributed by atoms with Crippen molar-refractivity contribution < 1.29 is 30.4 Å². The minimum atomic E-state index is -4.94. The summed E-state index contributed by atoms with van der Waals surface area (Å²) in [5.41, 5.74) is 12.6. The molecule has 1 heterocycles. The first kappa shape index (κ1) is 43.9. The first-order valence-corrected chi connectivity index (χ1v) is 23.5. The zero-order chi connectivity index (χ0) is 45.5. The first-order chi connectivity index (χ1) is 30.5. The van der Waals surface area contributed by atoms with Crippen LogP contribution in [0.4, 0.5) is 28.4 Å². The molecule has 1 aliphatic heterocycles. The summed E-state index contributed by atoms with van der Waals surface area (Å²) in [4.78, 5) is 3.99. The van der Waals surface area contributed by atoms with E-state index in [1.54, 1.807) is 18.2 Å². The van der Waals surface area contributed by atoms with Crippen molar-refractivity contribution in [1.82, 2.24) is 0 Å². The molecule has 5 N–H and O–H groups in total. The number of hydrogen-bond donors (Lipinski definition) is 5. The molecular formula is C51H48N4O7S2. The molecule has 8 rings (SSSR count). The summed E-state index contributed by atoms with van der Waals surface area (Å²) in [7, 11) is -9.71. The zero-order valence-electron chi connectivity index (χ0n) is 36.2. The van der Waals surface area contributed by atoms with Gasteiger partial charge in [0.2, 0.25) is 0 Å². The summed E-state index contributed by atoms with van der Waals surface area (Å²) in [6, 6.07) is 38.1. The van der Waals surface area contributed by atoms with Gasteiger partial charge < -0.3 is 20.4 Å². The molecule has 1 aliphatic carbocycles. The van der Waals surface area contributed by atoms with Crippen molar-refractivity contribution in [2.75, 3.05) is 16.0 Å². The van der Waals surface area contributed by atoms with E-state index in [0.717, 1.165) is 61.6 Å². The number of nitrogens with one attached hydrogen (secondary N) is 3. The van der Waals surface area contributed by atoms with E-state index in [1.807, 2.05) is 88.4 Å². The van der Waals surface area contributed by atoms with Crippen LogP contribution >= 0.6 is 0 Å². The molecule has 64 heavy (non-hydrogen) atoms. The molecule has 0 radical (unpaired) electrons. The van der Waals surface area contributed by atoms with Crippen molar-refractivity contribution in [1.29, 1.82) is 0 Å². The third kappa shape index (κ3) is 8.88. The highest BCUT2D eigenvalue weighted by atomic mass is 32.2. The maximum atomic E-state index is 13.3. The molecule has 0 spiro atoms. The van der Waals surface area contributed by atoms with Gasteiger partial charge in [-0.1, -0.05) is 91.0 Å². The van der Waals surface area contributed by atoms with E-state index in [1.165, 1.54) is 30.3 Å². The molecule has 0 saturated carbocycles. The van der Waals surface area contributed by atoms with Crippen LogP contribution in [0.25, 0.3) is 33.4 Å². The summed E-state index contributed by atoms with van der Waals surface area (Å²) in [6.07, 6.45) is 0. The molecule has 11 nitrogen and oxygen atoms in total. The molecule has 0 amide bonds. The van der Waals surface area contributed by atoms with Crippen molar-refractivity contribution in [3.8, 4) is 22.5 Å². The Kier molecular flexibility index (Phi) is 11.9. The third-order valence-electron chi connectivity index (χ3n) is 11.5. The normalized spacial score (nSPS) is 12.2. The zero-order valence-corrected chi connectivity index (χ0v) is 37.9. The van der Waals surface area contributed by atoms with Crippen LogP contribution in [0, 0.1) is 41.5 Å². The molecule has 0 atom stereocenters. The predicted molar refractivity (Wildman–Crippen MR) is 255 cm³/mol. The van der Waals surface area contributed by atoms with Crippen LogP contribution in [0.1, 0.15) is 44.5 Å². The second-order valence-corrected chi connectivity index (χ2v) is 18.9. The van der Waals surface area contributed by atoms with Gasteiger partial charge in [-0.25, -0.2) is 4.99 Å². The summed E-state index contributed by atoms with van der Waals surface area (Å²) >= 11 is 0. The number of hydrogen-bond acceptors (Lipinski definition) is 9. The van der Waals surface area contributed by atoms with Gasteiger partial charge >= 0.3 is 0 Å². The van der Waals surface area contributed by atoms with Crippen molar-refractivity contribution in [2.24, 2.45) is 4.99 Å². The fraction of sp³-hybridized carbons (Fsp3) is 0.157. The van der Waals surface area contributed by atoms with Crippen molar-refractivity contribution in [2.45, 2.75) is 64.4 Å². The van der Waals surface area contributed by atoms with Gasteiger partial charge in [-0.15, -0.1) is 0 Å². The first-order valence-electron chi connectivity index (χ1n) is 20.7. The molecule has 6 aromatic rings. The van der Waals surface area contributed by atoms with Crippen LogP contribution < -0.4 is 21.3 Å². The summed E-state index contributed by atoms with van der Waals surface area (Å²) in [6.45, 7) is 13.1. The van der Waals surface area contributed by atoms with Crippen molar-refractivity contribution in [3.05, 3.63) is 177 Å². The lowest BCUT2D eigenvalue weighted by molar-refractivity contribution is 0.480. The van der Waals surface area contributed by atoms with Crippen LogP contribution in [0.5, 0.6) is 0 Å². The van der Waals surface area contributed by atoms with Crippen LogP contribution in [0.3, 0.4) is 0 Å². The molecule has 0 saturated heterocycles. The van der Waals surface area contributed by atoms with Crippen LogP contribution in [-0.2, 0) is 33.3 Å². The fourth-order valence-electron chi connectivity index (χ4n) is 8.57. The van der Waals surface area contributed by atoms with Gasteiger partial charge in [-0.3, -0.25) is 9.11 Å². The summed E-state index contributed by atoms with van der Waals surface area (Å²) in [5, 5.41) is 11.0. The standard InChI is InChI=1S/C51H48N4O7S2/c1-30-23-32(3)50(34(5)48(30)52-28-36-15-9-7-10-16-36)54-38-21-22-39-43(25-38)62-44-27-42(55-51-33(4)24-31(2)49(35(51)6)53-29-37-17-11-8-12-18-37)46(64(59,60)61)26-41(44)47(39)40-19-13-14-20-45(40)63(56,57)58/h7-27,52-54H,28-29H2,1-6H3,(H,56,57,58)(H,59,60,61)/b55-42-. The highest BCUT2D eigenvalue weighted by Gasteiger charge is 2.27. The molecule has 6 aromatic carbocycles. The third-order valence-corrected chi connectivity index (χ3v) is 13.3. The van der Waals surface area contributed by atoms with E-state index in [2.05, 4.69) is 48.0 Å². The SMILES string of the molecule is Cc1cc(C)c(NCc2ccccc2)c(C)c1/N=c1/cc2oc3cc(Nc4c(C)cc(C)c(NCc5ccccc5)c4C)ccc3c(-c3ccccc3S(=O)(=O)O)c-2cc1S(=O)(=O)O. The highest BCUT2D eigenvalue weighted by molar-refractivity contribution is 7.86. The van der Waals surface area contributed by atoms with E-state index >= 15 is 0 Å². The van der Waals surface area contributed by atoms with Gasteiger partial charge in [0.1, 0.15) is 21.1 Å². The largest absolute Gasteiger partial charge is 0.456 e. The Morgan fingerprint density at radius 3 is 1.70 bits per heavy atom. The molecule has 326 valence electrons. The Bertz CT molecular complexity index is 3370. The molecule has 0 aromatic heterocycles. The number of fused-ring (bicyclic) bond motifs is 2. The van der Waals surface area contributed by atoms with Gasteiger partial charge in [0, 0.05) is 70.0 Å². The number of nitrogens with zero attached hydrogens (tertiary/aromatic N) is 1. The van der Waals surface area contributed by atoms with E-state index in [0.29, 0.717) is 35.4 Å². The molecule has 13 heteroatoms. The van der Waals surface area contributed by atoms with E-state index < -0.39 is 30.0 Å². The molecular weight excluding hydrogens is 845 g/mol. The lowest BCUT2D eigenvalue weighted by Gasteiger charge is -2.21. The maximum Gasteiger partial charge on any atom is 0.296 e. The van der Waals surface area contributed by atoms with Crippen molar-refractivity contribution in [3.63, 3.8) is 0 Å². The van der Waals surface area contributed by atoms with Crippen LogP contribution in [-0.4, -0.2) is 25.9 Å². The Hall–Kier alpha value is -6.77. The maximum absolute atomic E-state index is 13.3. The van der Waals surface area contributed by atoms with Gasteiger partial charge in [0.25, 0.3) is 20.2 Å². The lowest BCUT2D eigenvalue weighted by atomic mass is 9.93. The lowest BCUT2D eigenvalue weighted by Crippen LogP contribution is -2.16. The molecule has 2 aliphatic rings. The molecule has 0 bridgehead atoms. The second kappa shape index (κ2) is 17.4. The average Bonchev–Trinajstić information content (AvgIpc) is 3.25. The number of anilines is 4. The Morgan fingerprint density at radius 1 is 0.547 bits per heavy atom. The van der Waals surface area contributed by atoms with E-state index in [-0.39, 0.29) is 27.8 Å². The Balaban J connectivity index is 1.32. The van der Waals surface area contributed by atoms with E-state index in [4.69, 9.17) is 9.41 Å². The Labute approximate surface area is 373 Å². The monoisotopic (exact) mass is 892 g/mol. The number of rotatable bonds is 12. The Morgan fingerprint density at radius 2 is 1.09 bits per heavy atom. The molecule has 0 unspecified atom stereocenters. The minimum absolute atomic E-state index is 0.0908. The summed E-state index contributed by atoms with van der Waals surface area (Å²) < 4.78 is 80.3. The van der Waals surface area contributed by atoms with Gasteiger partial charge in [-0.05, 0) is 110 Å². The van der Waals surface area contributed by atoms with Crippen molar-refractivity contribution >= 4 is 59.6 Å². The highest BCUT2D eigenvalue weighted by Crippen LogP contribution is 2.44. The topological polar surface area (TPSA) is 170 Å². The van der Waals surface area contributed by atoms with Gasteiger partial charge in [-0.2, -0.15) is 16.8 Å². The fourth-order valence-corrected chi connectivity index (χ4v) is 9.91. The van der Waals surface area contributed by atoms with Gasteiger partial charge in [0.05, 0.1) is 11.0 Å². The van der Waals surface area contributed by atoms with Crippen LogP contribution in [0.15, 0.2) is 147 Å². The quantitative estimate of drug-likeness (QED) is 0.0587. The predicted octanol–water partition coefficient (Wildman–Crippen LogP) is 11.7. The van der Waals surface area contributed by atoms with Crippen LogP contribution in [0.2, 0.25) is 0 Å². The minimum Gasteiger partial charge on any atom is -0.456 e. The number of aryl methyl sites for hydroxylation is 4. The van der Waals surface area contributed by atoms with E-state index in [9.17, 15) is 25.9 Å².